The highest BCUT2D eigenvalue weighted by Crippen LogP contribution is 2.38. The van der Waals surface area contributed by atoms with E-state index in [4.69, 9.17) is 0 Å². The lowest BCUT2D eigenvalue weighted by atomic mass is 10.0. The zero-order valence-electron chi connectivity index (χ0n) is 31.8. The Morgan fingerprint density at radius 2 is 0.673 bits per heavy atom. The van der Waals surface area contributed by atoms with Crippen LogP contribution in [0, 0.1) is 36.8 Å². The molecule has 52 heavy (non-hydrogen) atoms. The predicted octanol–water partition coefficient (Wildman–Crippen LogP) is 13.4. The molecule has 0 aliphatic rings. The van der Waals surface area contributed by atoms with Crippen molar-refractivity contribution in [3.63, 3.8) is 0 Å². The van der Waals surface area contributed by atoms with Gasteiger partial charge in [-0.05, 0) is 133 Å². The first-order chi connectivity index (χ1) is 24.8. The van der Waals surface area contributed by atoms with Gasteiger partial charge in [-0.2, -0.15) is 0 Å². The maximum absolute atomic E-state index is 3.49. The van der Waals surface area contributed by atoms with E-state index >= 15 is 0 Å². The summed E-state index contributed by atoms with van der Waals surface area (Å²) in [6.07, 6.45) is 0. The van der Waals surface area contributed by atoms with Crippen molar-refractivity contribution >= 4 is 50.3 Å². The van der Waals surface area contributed by atoms with Gasteiger partial charge in [0.25, 0.3) is 0 Å². The van der Waals surface area contributed by atoms with Crippen molar-refractivity contribution in [3.8, 4) is 34.1 Å². The van der Waals surface area contributed by atoms with Gasteiger partial charge in [-0.25, -0.2) is 0 Å². The number of hydrogen-bond acceptors (Lipinski definition) is 2. The Bertz CT molecular complexity index is 2150. The molecule has 0 fully saturated rings. The van der Waals surface area contributed by atoms with Gasteiger partial charge in [0.1, 0.15) is 16.1 Å². The molecule has 0 bridgehead atoms. The fourth-order valence-electron chi connectivity index (χ4n) is 5.94. The zero-order chi connectivity index (χ0) is 36.9. The Kier molecular flexibility index (Phi) is 10.7. The number of anilines is 6. The van der Waals surface area contributed by atoms with Gasteiger partial charge in [0.15, 0.2) is 0 Å². The van der Waals surface area contributed by atoms with Crippen molar-refractivity contribution < 1.29 is 0 Å². The van der Waals surface area contributed by atoms with Crippen LogP contribution in [0.1, 0.15) is 22.3 Å². The summed E-state index contributed by atoms with van der Waals surface area (Å²) in [4.78, 5) is 4.63. The molecule has 0 aromatic heterocycles. The molecule has 6 rings (SSSR count). The SMILES string of the molecule is Cc1cccc(N(c2ccc(-c3ccc(N(c4ccc(C#C[Si](C)(C)C)cc4)c4ccc(C#C[Si](C)(C)C)cc4)cc3)cc2)c2cccc(C)c2)c1. The highest BCUT2D eigenvalue weighted by atomic mass is 28.3. The molecule has 2 nitrogen and oxygen atoms in total. The summed E-state index contributed by atoms with van der Waals surface area (Å²) in [6, 6.07) is 52.4. The van der Waals surface area contributed by atoms with E-state index in [1.807, 2.05) is 0 Å². The number of aryl methyl sites for hydroxylation is 2. The lowest BCUT2D eigenvalue weighted by Gasteiger charge is -2.26. The molecule has 0 aliphatic heterocycles. The quantitative estimate of drug-likeness (QED) is 0.120. The highest BCUT2D eigenvalue weighted by Gasteiger charge is 2.16. The number of benzene rings is 6. The molecule has 4 heteroatoms. The van der Waals surface area contributed by atoms with Crippen LogP contribution in [0.15, 0.2) is 146 Å². The second kappa shape index (κ2) is 15.4. The first-order valence-electron chi connectivity index (χ1n) is 18.0. The van der Waals surface area contributed by atoms with Crippen LogP contribution in [-0.2, 0) is 0 Å². The maximum atomic E-state index is 3.49. The fourth-order valence-corrected chi connectivity index (χ4v) is 6.98. The molecule has 0 unspecified atom stereocenters. The van der Waals surface area contributed by atoms with Crippen LogP contribution in [-0.4, -0.2) is 16.1 Å². The van der Waals surface area contributed by atoms with Crippen LogP contribution in [0.3, 0.4) is 0 Å². The van der Waals surface area contributed by atoms with Crippen LogP contribution >= 0.6 is 0 Å². The minimum absolute atomic E-state index is 1.05. The van der Waals surface area contributed by atoms with Crippen molar-refractivity contribution in [3.05, 3.63) is 168 Å². The van der Waals surface area contributed by atoms with Crippen molar-refractivity contribution in [2.45, 2.75) is 53.1 Å². The van der Waals surface area contributed by atoms with Gasteiger partial charge in [0, 0.05) is 45.3 Å². The topological polar surface area (TPSA) is 6.48 Å². The Balaban J connectivity index is 1.32. The van der Waals surface area contributed by atoms with Gasteiger partial charge in [0.2, 0.25) is 0 Å². The molecule has 0 radical (unpaired) electrons. The van der Waals surface area contributed by atoms with E-state index in [0.29, 0.717) is 0 Å². The van der Waals surface area contributed by atoms with Gasteiger partial charge < -0.3 is 9.80 Å². The summed E-state index contributed by atoms with van der Waals surface area (Å²) < 4.78 is 0. The van der Waals surface area contributed by atoms with Crippen molar-refractivity contribution in [2.24, 2.45) is 0 Å². The van der Waals surface area contributed by atoms with E-state index in [2.05, 4.69) is 231 Å². The lowest BCUT2D eigenvalue weighted by molar-refractivity contribution is 1.26. The monoisotopic (exact) mass is 708 g/mol. The summed E-state index contributed by atoms with van der Waals surface area (Å²) in [5.74, 6) is 6.80. The van der Waals surface area contributed by atoms with Crippen LogP contribution in [0.2, 0.25) is 39.3 Å². The largest absolute Gasteiger partial charge is 0.311 e. The summed E-state index contributed by atoms with van der Waals surface area (Å²) >= 11 is 0. The minimum Gasteiger partial charge on any atom is -0.311 e. The molecule has 0 amide bonds. The minimum atomic E-state index is -1.47. The highest BCUT2D eigenvalue weighted by molar-refractivity contribution is 6.84. The third-order valence-electron chi connectivity index (χ3n) is 8.52. The molecule has 0 atom stereocenters. The molecule has 258 valence electrons. The van der Waals surface area contributed by atoms with Gasteiger partial charge >= 0.3 is 0 Å². The molecule has 6 aromatic rings. The molecule has 0 saturated heterocycles. The molecule has 0 N–H and O–H groups in total. The maximum Gasteiger partial charge on any atom is 0.129 e. The van der Waals surface area contributed by atoms with Crippen molar-refractivity contribution in [2.75, 3.05) is 9.80 Å². The first-order valence-corrected chi connectivity index (χ1v) is 25.0. The molecular weight excluding hydrogens is 661 g/mol. The second-order valence-electron chi connectivity index (χ2n) is 15.5. The summed E-state index contributed by atoms with van der Waals surface area (Å²) in [5.41, 5.74) is 20.6. The lowest BCUT2D eigenvalue weighted by Crippen LogP contribution is -2.16. The average molecular weight is 709 g/mol. The molecular formula is C48H48N2Si2. The molecule has 0 saturated carbocycles. The van der Waals surface area contributed by atoms with Gasteiger partial charge in [-0.1, -0.05) is 99.7 Å². The summed E-state index contributed by atoms with van der Waals surface area (Å²) in [5, 5.41) is 0. The molecule has 0 spiro atoms. The smallest absolute Gasteiger partial charge is 0.129 e. The zero-order valence-corrected chi connectivity index (χ0v) is 33.8. The summed E-state index contributed by atoms with van der Waals surface area (Å²) in [7, 11) is -2.93. The van der Waals surface area contributed by atoms with Gasteiger partial charge in [0.05, 0.1) is 0 Å². The van der Waals surface area contributed by atoms with Gasteiger partial charge in [-0.3, -0.25) is 0 Å². The van der Waals surface area contributed by atoms with Crippen molar-refractivity contribution in [1.29, 1.82) is 0 Å². The van der Waals surface area contributed by atoms with Crippen LogP contribution < -0.4 is 9.80 Å². The second-order valence-corrected chi connectivity index (χ2v) is 25.0. The Morgan fingerprint density at radius 3 is 0.981 bits per heavy atom. The van der Waals surface area contributed by atoms with Crippen LogP contribution in [0.25, 0.3) is 11.1 Å². The third kappa shape index (κ3) is 9.42. The normalized spacial score (nSPS) is 11.2. The molecule has 6 aromatic carbocycles. The predicted molar refractivity (Wildman–Crippen MR) is 231 cm³/mol. The van der Waals surface area contributed by atoms with Crippen LogP contribution in [0.4, 0.5) is 34.1 Å². The van der Waals surface area contributed by atoms with Crippen LogP contribution in [0.5, 0.6) is 0 Å². The van der Waals surface area contributed by atoms with E-state index in [9.17, 15) is 0 Å². The van der Waals surface area contributed by atoms with E-state index in [0.717, 1.165) is 45.3 Å². The standard InChI is InChI=1S/C48H48N2Si2/c1-37-11-9-13-47(35-37)50(48-14-10-12-38(2)36-48)46-29-21-42(22-30-46)41-19-27-45(28-20-41)49(43-23-15-39(16-24-43)31-33-51(3,4)5)44-25-17-40(18-26-44)32-34-52(6,7)8/h9-30,35-36H,1-8H3. The Labute approximate surface area is 313 Å². The molecule has 0 aliphatic carbocycles. The Hall–Kier alpha value is -5.53. The fraction of sp³-hybridized carbons (Fsp3) is 0.167. The third-order valence-corrected chi connectivity index (χ3v) is 10.3. The Morgan fingerprint density at radius 1 is 0.365 bits per heavy atom. The summed E-state index contributed by atoms with van der Waals surface area (Å²) in [6.45, 7) is 17.9. The average Bonchev–Trinajstić information content (AvgIpc) is 3.11. The van der Waals surface area contributed by atoms with Gasteiger partial charge in [-0.15, -0.1) is 11.1 Å². The molecule has 0 heterocycles. The van der Waals surface area contributed by atoms with Crippen molar-refractivity contribution in [1.82, 2.24) is 0 Å². The van der Waals surface area contributed by atoms with E-state index in [-0.39, 0.29) is 0 Å². The van der Waals surface area contributed by atoms with E-state index in [1.54, 1.807) is 0 Å². The number of nitrogens with zero attached hydrogens (tertiary/aromatic N) is 2. The number of hydrogen-bond donors (Lipinski definition) is 0. The van der Waals surface area contributed by atoms with E-state index in [1.165, 1.54) is 22.3 Å². The number of rotatable bonds is 7. The van der Waals surface area contributed by atoms with E-state index < -0.39 is 16.1 Å². The first kappa shape index (κ1) is 36.3.